The summed E-state index contributed by atoms with van der Waals surface area (Å²) in [5.74, 6) is -1.04. The first-order valence-corrected chi connectivity index (χ1v) is 9.84. The fourth-order valence-electron chi connectivity index (χ4n) is 3.43. The normalized spacial score (nSPS) is 18.1. The lowest BCUT2D eigenvalue weighted by Gasteiger charge is -2.30. The number of carbonyl (C=O) groups excluding carboxylic acids is 2. The van der Waals surface area contributed by atoms with Crippen LogP contribution < -0.4 is 26.4 Å². The van der Waals surface area contributed by atoms with Crippen LogP contribution in [-0.4, -0.2) is 81.4 Å². The number of carbonyl (C=O) groups is 2. The Bertz CT molecular complexity index is 1400. The van der Waals surface area contributed by atoms with Gasteiger partial charge in [0.05, 0.1) is 24.5 Å². The maximum atomic E-state index is 12.8. The topological polar surface area (TPSA) is 160 Å². The Morgan fingerprint density at radius 3 is 2.61 bits per heavy atom. The van der Waals surface area contributed by atoms with Crippen molar-refractivity contribution in [1.82, 2.24) is 34.3 Å². The zero-order chi connectivity index (χ0) is 24.0. The van der Waals surface area contributed by atoms with Crippen molar-refractivity contribution in [1.29, 1.82) is 0 Å². The second kappa shape index (κ2) is 7.97. The van der Waals surface area contributed by atoms with Gasteiger partial charge in [-0.2, -0.15) is 5.43 Å². The minimum Gasteiger partial charge on any atom is -0.859 e. The molecule has 2 N–H and O–H groups in total. The molecule has 1 fully saturated rings. The van der Waals surface area contributed by atoms with E-state index in [1.54, 1.807) is 19.2 Å². The van der Waals surface area contributed by atoms with Crippen molar-refractivity contribution in [2.75, 3.05) is 21.1 Å². The fourth-order valence-corrected chi connectivity index (χ4v) is 3.62. The predicted octanol–water partition coefficient (Wildman–Crippen LogP) is -2.16. The van der Waals surface area contributed by atoms with E-state index in [1.165, 1.54) is 36.0 Å². The number of guanidine groups is 1. The molecule has 0 bridgehead atoms. The summed E-state index contributed by atoms with van der Waals surface area (Å²) in [6.45, 7) is 0. The number of hydrogen-bond acceptors (Lipinski definition) is 8. The van der Waals surface area contributed by atoms with E-state index in [1.807, 2.05) is 0 Å². The highest BCUT2D eigenvalue weighted by molar-refractivity contribution is 6.30. The third kappa shape index (κ3) is 3.54. The summed E-state index contributed by atoms with van der Waals surface area (Å²) in [6.07, 6.45) is 0.938. The van der Waals surface area contributed by atoms with Gasteiger partial charge in [0.1, 0.15) is 0 Å². The van der Waals surface area contributed by atoms with E-state index in [0.29, 0.717) is 5.02 Å². The molecule has 0 saturated carbocycles. The predicted molar refractivity (Wildman–Crippen MR) is 117 cm³/mol. The van der Waals surface area contributed by atoms with Gasteiger partial charge in [0.25, 0.3) is 11.5 Å². The van der Waals surface area contributed by atoms with Crippen LogP contribution in [0.15, 0.2) is 39.0 Å². The number of aromatic nitrogens is 2. The molecule has 3 heterocycles. The Morgan fingerprint density at radius 2 is 1.91 bits per heavy atom. The molecule has 170 valence electrons. The number of urea groups is 1. The SMILES string of the molecule is CN1C(=O)C2C(=[N+]=C(N/N=C/c3c([O-])n(-c4cccc(Cl)c4)c(=O)[nH]c3=O)N2C)N(C)C1=O. The quantitative estimate of drug-likeness (QED) is 0.292. The molecule has 1 atom stereocenters. The number of hydrazone groups is 1. The summed E-state index contributed by atoms with van der Waals surface area (Å²) in [5, 5.41) is 17.0. The molecule has 2 aliphatic rings. The van der Waals surface area contributed by atoms with Crippen molar-refractivity contribution in [3.8, 4) is 11.6 Å². The maximum Gasteiger partial charge on any atom is 0.421 e. The smallest absolute Gasteiger partial charge is 0.421 e. The van der Waals surface area contributed by atoms with Crippen molar-refractivity contribution < 1.29 is 14.7 Å². The molecular formula is C19H17ClN8O5. The van der Waals surface area contributed by atoms with Crippen LogP contribution in [0.5, 0.6) is 5.88 Å². The number of halogens is 1. The van der Waals surface area contributed by atoms with Crippen LogP contribution in [0.4, 0.5) is 4.79 Å². The standard InChI is InChI=1S/C19H17ClN8O5/c1-25-12-13(26(2)19(33)27(3)16(12)31)22-17(25)24-21-8-11-14(29)23-18(32)28(15(11)30)10-6-4-5-9(20)7-10/h4-8,12H,1-3H3,(H2,21,23,29,30,32). The van der Waals surface area contributed by atoms with Crippen LogP contribution in [0.1, 0.15) is 5.56 Å². The van der Waals surface area contributed by atoms with E-state index >= 15 is 0 Å². The van der Waals surface area contributed by atoms with Gasteiger partial charge in [-0.1, -0.05) is 17.7 Å². The van der Waals surface area contributed by atoms with Gasteiger partial charge in [-0.3, -0.25) is 24.0 Å². The molecule has 3 amide bonds. The molecule has 1 unspecified atom stereocenters. The van der Waals surface area contributed by atoms with Crippen LogP contribution in [0, 0.1) is 0 Å². The Labute approximate surface area is 190 Å². The van der Waals surface area contributed by atoms with E-state index in [-0.39, 0.29) is 17.5 Å². The fraction of sp³-hybridized carbons (Fsp3) is 0.211. The Hall–Kier alpha value is -4.35. The number of benzene rings is 1. The summed E-state index contributed by atoms with van der Waals surface area (Å²) < 4.78 is 4.99. The van der Waals surface area contributed by atoms with E-state index in [4.69, 9.17) is 11.6 Å². The Balaban J connectivity index is 1.66. The highest BCUT2D eigenvalue weighted by Gasteiger charge is 2.53. The molecule has 2 aliphatic heterocycles. The second-order valence-corrected chi connectivity index (χ2v) is 7.65. The molecule has 33 heavy (non-hydrogen) atoms. The molecule has 0 radical (unpaired) electrons. The lowest BCUT2D eigenvalue weighted by atomic mass is 10.1. The average molecular weight is 473 g/mol. The summed E-state index contributed by atoms with van der Waals surface area (Å²) in [7, 11) is 4.42. The molecule has 0 spiro atoms. The lowest BCUT2D eigenvalue weighted by molar-refractivity contribution is -0.278. The number of nitrogens with zero attached hydrogens (tertiary/aromatic N) is 6. The van der Waals surface area contributed by atoms with Crippen molar-refractivity contribution in [2.24, 2.45) is 5.10 Å². The van der Waals surface area contributed by atoms with Gasteiger partial charge in [-0.05, 0) is 24.1 Å². The average Bonchev–Trinajstić information content (AvgIpc) is 3.09. The monoisotopic (exact) mass is 472 g/mol. The number of nitrogens with one attached hydrogen (secondary N) is 2. The molecule has 1 aromatic heterocycles. The number of H-pyrrole nitrogens is 1. The Morgan fingerprint density at radius 1 is 1.18 bits per heavy atom. The third-order valence-electron chi connectivity index (χ3n) is 5.19. The lowest BCUT2D eigenvalue weighted by Crippen LogP contribution is -2.63. The highest BCUT2D eigenvalue weighted by atomic mass is 35.5. The first-order valence-electron chi connectivity index (χ1n) is 9.46. The molecular weight excluding hydrogens is 456 g/mol. The van der Waals surface area contributed by atoms with E-state index in [9.17, 15) is 24.3 Å². The van der Waals surface area contributed by atoms with E-state index in [2.05, 4.69) is 20.2 Å². The Kier molecular flexibility index (Phi) is 5.28. The zero-order valence-corrected chi connectivity index (χ0v) is 18.3. The number of amidine groups is 1. The molecule has 14 heteroatoms. The minimum absolute atomic E-state index is 0.113. The number of hydrogen-bond donors (Lipinski definition) is 2. The van der Waals surface area contributed by atoms with Crippen molar-refractivity contribution >= 4 is 41.5 Å². The largest absolute Gasteiger partial charge is 0.859 e. The highest BCUT2D eigenvalue weighted by Crippen LogP contribution is 2.18. The summed E-state index contributed by atoms with van der Waals surface area (Å²) in [6, 6.07) is 4.64. The van der Waals surface area contributed by atoms with E-state index < -0.39 is 40.7 Å². The third-order valence-corrected chi connectivity index (χ3v) is 5.43. The van der Waals surface area contributed by atoms with Crippen LogP contribution in [0.3, 0.4) is 0 Å². The van der Waals surface area contributed by atoms with Gasteiger partial charge in [0.2, 0.25) is 6.04 Å². The first kappa shape index (κ1) is 21.9. The number of aromatic amines is 1. The number of amides is 3. The van der Waals surface area contributed by atoms with Crippen LogP contribution in [0.2, 0.25) is 5.02 Å². The zero-order valence-electron chi connectivity index (χ0n) is 17.6. The van der Waals surface area contributed by atoms with Gasteiger partial charge < -0.3 is 5.11 Å². The molecule has 0 aliphatic carbocycles. The summed E-state index contributed by atoms with van der Waals surface area (Å²) in [5.41, 5.74) is 0.460. The minimum atomic E-state index is -0.930. The number of fused-ring (bicyclic) bond motifs is 1. The van der Waals surface area contributed by atoms with Crippen molar-refractivity contribution in [2.45, 2.75) is 6.04 Å². The van der Waals surface area contributed by atoms with Gasteiger partial charge in [0.15, 0.2) is 0 Å². The molecule has 2 aromatic rings. The number of rotatable bonds is 3. The van der Waals surface area contributed by atoms with Gasteiger partial charge >= 0.3 is 23.5 Å². The molecule has 1 saturated heterocycles. The summed E-state index contributed by atoms with van der Waals surface area (Å²) in [4.78, 5) is 54.8. The molecule has 1 aromatic carbocycles. The second-order valence-electron chi connectivity index (χ2n) is 7.21. The maximum absolute atomic E-state index is 12.8. The summed E-state index contributed by atoms with van der Waals surface area (Å²) >= 11 is 5.93. The van der Waals surface area contributed by atoms with Crippen LogP contribution in [-0.2, 0) is 4.79 Å². The molecule has 13 nitrogen and oxygen atoms in total. The number of imide groups is 1. The van der Waals surface area contributed by atoms with Gasteiger partial charge in [-0.15, -0.1) is 5.10 Å². The van der Waals surface area contributed by atoms with Crippen LogP contribution in [0.25, 0.3) is 5.69 Å². The van der Waals surface area contributed by atoms with E-state index in [0.717, 1.165) is 15.7 Å². The van der Waals surface area contributed by atoms with Gasteiger partial charge in [0, 0.05) is 19.1 Å². The molecule has 4 rings (SSSR count). The van der Waals surface area contributed by atoms with Gasteiger partial charge in [-0.25, -0.2) is 24.1 Å². The van der Waals surface area contributed by atoms with Crippen molar-refractivity contribution in [3.63, 3.8) is 0 Å². The first-order chi connectivity index (χ1) is 15.6. The van der Waals surface area contributed by atoms with Crippen molar-refractivity contribution in [3.05, 3.63) is 55.7 Å². The number of likely N-dealkylation sites (N-methyl/N-ethyl adjacent to an activating group) is 3. The van der Waals surface area contributed by atoms with Crippen LogP contribution >= 0.6 is 11.6 Å².